The van der Waals surface area contributed by atoms with E-state index >= 15 is 0 Å². The molecule has 1 unspecified atom stereocenters. The average molecular weight is 420 g/mol. The van der Waals surface area contributed by atoms with Gasteiger partial charge in [-0.1, -0.05) is 13.8 Å². The maximum absolute atomic E-state index is 11.8. The van der Waals surface area contributed by atoms with Crippen LogP contribution in [0.25, 0.3) is 0 Å². The topological polar surface area (TPSA) is 86.3 Å². The molecular formula is C19H41N5O3S. The van der Waals surface area contributed by atoms with E-state index in [2.05, 4.69) is 29.4 Å². The summed E-state index contributed by atoms with van der Waals surface area (Å²) in [5.41, 5.74) is 0. The second kappa shape index (κ2) is 13.3. The van der Waals surface area contributed by atoms with Crippen LogP contribution in [0.1, 0.15) is 40.5 Å². The zero-order chi connectivity index (χ0) is 21.0. The van der Waals surface area contributed by atoms with Crippen molar-refractivity contribution in [2.45, 2.75) is 46.6 Å². The third-order valence-corrected chi connectivity index (χ3v) is 6.75. The van der Waals surface area contributed by atoms with Crippen LogP contribution in [0.2, 0.25) is 0 Å². The van der Waals surface area contributed by atoms with Crippen LogP contribution in [-0.2, 0) is 14.8 Å². The fourth-order valence-corrected chi connectivity index (χ4v) is 4.08. The molecule has 0 radical (unpaired) electrons. The van der Waals surface area contributed by atoms with E-state index in [1.807, 2.05) is 6.92 Å². The summed E-state index contributed by atoms with van der Waals surface area (Å²) in [7, 11) is -1.47. The van der Waals surface area contributed by atoms with Gasteiger partial charge in [-0.3, -0.25) is 9.89 Å². The molecule has 1 rings (SSSR count). The predicted molar refractivity (Wildman–Crippen MR) is 116 cm³/mol. The average Bonchev–Trinajstić information content (AvgIpc) is 2.68. The summed E-state index contributed by atoms with van der Waals surface area (Å²) in [6.45, 7) is 14.5. The van der Waals surface area contributed by atoms with Crippen molar-refractivity contribution < 1.29 is 13.2 Å². The van der Waals surface area contributed by atoms with E-state index in [9.17, 15) is 8.42 Å². The maximum atomic E-state index is 11.8. The molecule has 1 aliphatic rings. The van der Waals surface area contributed by atoms with Crippen LogP contribution in [0.5, 0.6) is 0 Å². The van der Waals surface area contributed by atoms with Crippen LogP contribution >= 0.6 is 0 Å². The minimum Gasteiger partial charge on any atom is -0.379 e. The third kappa shape index (κ3) is 9.54. The van der Waals surface area contributed by atoms with Crippen molar-refractivity contribution in [3.05, 3.63) is 0 Å². The number of hydrogen-bond donors (Lipinski definition) is 2. The Morgan fingerprint density at radius 2 is 1.89 bits per heavy atom. The molecule has 0 aromatic heterocycles. The second-order valence-corrected chi connectivity index (χ2v) is 10.0. The van der Waals surface area contributed by atoms with Gasteiger partial charge in [0.25, 0.3) is 0 Å². The van der Waals surface area contributed by atoms with Gasteiger partial charge < -0.3 is 15.4 Å². The SMILES string of the molecule is CCNC(=NCC(CC(C)C)N1CCOCC1)NCCCN(C)S(=O)(=O)CC. The molecule has 1 aliphatic heterocycles. The summed E-state index contributed by atoms with van der Waals surface area (Å²) in [5, 5.41) is 6.62. The Bertz CT molecular complexity index is 548. The Morgan fingerprint density at radius 1 is 1.21 bits per heavy atom. The number of morpholine rings is 1. The summed E-state index contributed by atoms with van der Waals surface area (Å²) in [6, 6.07) is 0.417. The van der Waals surface area contributed by atoms with Gasteiger partial charge in [0.05, 0.1) is 25.5 Å². The largest absolute Gasteiger partial charge is 0.379 e. The van der Waals surface area contributed by atoms with Crippen molar-refractivity contribution >= 4 is 16.0 Å². The molecule has 0 spiro atoms. The molecule has 0 saturated carbocycles. The molecule has 0 bridgehead atoms. The van der Waals surface area contributed by atoms with Crippen LogP contribution in [0, 0.1) is 5.92 Å². The lowest BCUT2D eigenvalue weighted by Crippen LogP contribution is -2.46. The number of hydrogen-bond acceptors (Lipinski definition) is 5. The molecule has 1 saturated heterocycles. The van der Waals surface area contributed by atoms with Crippen molar-refractivity contribution in [2.75, 3.05) is 65.3 Å². The monoisotopic (exact) mass is 419 g/mol. The standard InChI is InChI=1S/C19H41N5O3S/c1-6-20-19(21-9-8-10-23(5)28(25,26)7-2)22-16-18(15-17(3)4)24-11-13-27-14-12-24/h17-18H,6-16H2,1-5H3,(H2,20,21,22). The molecule has 0 aliphatic carbocycles. The van der Waals surface area contributed by atoms with Gasteiger partial charge in [-0.25, -0.2) is 12.7 Å². The van der Waals surface area contributed by atoms with Gasteiger partial charge in [-0.2, -0.15) is 0 Å². The van der Waals surface area contributed by atoms with Crippen LogP contribution in [0.4, 0.5) is 0 Å². The van der Waals surface area contributed by atoms with Gasteiger partial charge in [0.1, 0.15) is 0 Å². The first kappa shape index (κ1) is 25.1. The molecule has 1 heterocycles. The fourth-order valence-electron chi connectivity index (χ4n) is 3.23. The summed E-state index contributed by atoms with van der Waals surface area (Å²) in [4.78, 5) is 7.29. The van der Waals surface area contributed by atoms with Gasteiger partial charge in [0.2, 0.25) is 10.0 Å². The third-order valence-electron chi connectivity index (χ3n) is 4.89. The van der Waals surface area contributed by atoms with Gasteiger partial charge in [0.15, 0.2) is 5.96 Å². The molecule has 28 heavy (non-hydrogen) atoms. The number of guanidine groups is 1. The molecule has 9 heteroatoms. The van der Waals surface area contributed by atoms with Gasteiger partial charge in [0, 0.05) is 45.8 Å². The molecule has 0 amide bonds. The molecule has 1 fully saturated rings. The molecule has 1 atom stereocenters. The smallest absolute Gasteiger partial charge is 0.213 e. The first-order chi connectivity index (χ1) is 13.3. The second-order valence-electron chi connectivity index (χ2n) is 7.65. The highest BCUT2D eigenvalue weighted by atomic mass is 32.2. The van der Waals surface area contributed by atoms with Crippen molar-refractivity contribution in [3.8, 4) is 0 Å². The fraction of sp³-hybridized carbons (Fsp3) is 0.947. The summed E-state index contributed by atoms with van der Waals surface area (Å²) < 4.78 is 30.5. The molecular weight excluding hydrogens is 378 g/mol. The first-order valence-corrected chi connectivity index (χ1v) is 12.2. The lowest BCUT2D eigenvalue weighted by molar-refractivity contribution is 0.0143. The molecule has 0 aromatic carbocycles. The maximum Gasteiger partial charge on any atom is 0.213 e. The van der Waals surface area contributed by atoms with Gasteiger partial charge >= 0.3 is 0 Å². The number of aliphatic imine (C=N–C) groups is 1. The molecule has 0 aromatic rings. The van der Waals surface area contributed by atoms with Crippen molar-refractivity contribution in [1.82, 2.24) is 19.8 Å². The summed E-state index contributed by atoms with van der Waals surface area (Å²) in [6.07, 6.45) is 1.85. The lowest BCUT2D eigenvalue weighted by Gasteiger charge is -2.34. The van der Waals surface area contributed by atoms with Crippen molar-refractivity contribution in [2.24, 2.45) is 10.9 Å². The highest BCUT2D eigenvalue weighted by molar-refractivity contribution is 7.89. The van der Waals surface area contributed by atoms with E-state index < -0.39 is 10.0 Å². The zero-order valence-corrected chi connectivity index (χ0v) is 19.2. The summed E-state index contributed by atoms with van der Waals surface area (Å²) in [5.74, 6) is 1.56. The van der Waals surface area contributed by atoms with E-state index in [4.69, 9.17) is 9.73 Å². The number of nitrogens with zero attached hydrogens (tertiary/aromatic N) is 3. The van der Waals surface area contributed by atoms with E-state index in [0.29, 0.717) is 25.0 Å². The predicted octanol–water partition coefficient (Wildman–Crippen LogP) is 0.960. The number of nitrogens with one attached hydrogen (secondary N) is 2. The van der Waals surface area contributed by atoms with E-state index in [0.717, 1.165) is 58.2 Å². The Morgan fingerprint density at radius 3 is 2.46 bits per heavy atom. The molecule has 8 nitrogen and oxygen atoms in total. The van der Waals surface area contributed by atoms with Crippen LogP contribution in [0.15, 0.2) is 4.99 Å². The Balaban J connectivity index is 2.55. The van der Waals surface area contributed by atoms with Gasteiger partial charge in [-0.05, 0) is 32.6 Å². The first-order valence-electron chi connectivity index (χ1n) is 10.6. The Labute approximate surface area is 172 Å². The van der Waals surface area contributed by atoms with Crippen LogP contribution in [0.3, 0.4) is 0 Å². The van der Waals surface area contributed by atoms with E-state index in [1.54, 1.807) is 14.0 Å². The van der Waals surface area contributed by atoms with Crippen LogP contribution < -0.4 is 10.6 Å². The zero-order valence-electron chi connectivity index (χ0n) is 18.4. The van der Waals surface area contributed by atoms with E-state index in [-0.39, 0.29) is 5.75 Å². The molecule has 166 valence electrons. The van der Waals surface area contributed by atoms with E-state index in [1.165, 1.54) is 4.31 Å². The van der Waals surface area contributed by atoms with Crippen LogP contribution in [-0.4, -0.2) is 94.9 Å². The highest BCUT2D eigenvalue weighted by Crippen LogP contribution is 2.14. The Kier molecular flexibility index (Phi) is 12.0. The number of ether oxygens (including phenoxy) is 1. The number of sulfonamides is 1. The highest BCUT2D eigenvalue weighted by Gasteiger charge is 2.22. The quantitative estimate of drug-likeness (QED) is 0.278. The normalized spacial score (nSPS) is 17.9. The summed E-state index contributed by atoms with van der Waals surface area (Å²) >= 11 is 0. The minimum absolute atomic E-state index is 0.139. The van der Waals surface area contributed by atoms with Crippen molar-refractivity contribution in [1.29, 1.82) is 0 Å². The minimum atomic E-state index is -3.11. The lowest BCUT2D eigenvalue weighted by atomic mass is 10.0. The van der Waals surface area contributed by atoms with Crippen molar-refractivity contribution in [3.63, 3.8) is 0 Å². The number of rotatable bonds is 12. The molecule has 2 N–H and O–H groups in total. The van der Waals surface area contributed by atoms with Gasteiger partial charge in [-0.15, -0.1) is 0 Å². The Hall–Kier alpha value is -0.900.